The fraction of sp³-hybridized carbons (Fsp3) is 0.538. The van der Waals surface area contributed by atoms with Gasteiger partial charge in [0.2, 0.25) is 0 Å². The average Bonchev–Trinajstić information content (AvgIpc) is 3.19. The van der Waals surface area contributed by atoms with Crippen molar-refractivity contribution in [2.45, 2.75) is 32.7 Å². The lowest BCUT2D eigenvalue weighted by Gasteiger charge is -2.26. The highest BCUT2D eigenvalue weighted by molar-refractivity contribution is 5.95. The number of aromatic nitrogens is 1. The molecule has 0 spiro atoms. The van der Waals surface area contributed by atoms with Gasteiger partial charge in [-0.05, 0) is 30.9 Å². The normalized spacial score (nSPS) is 16.1. The molecule has 0 aromatic carbocycles. The Hall–Kier alpha value is -1.78. The molecule has 1 aromatic heterocycles. The lowest BCUT2D eigenvalue weighted by Crippen LogP contribution is -2.30. The van der Waals surface area contributed by atoms with Crippen molar-refractivity contribution >= 4 is 11.5 Å². The van der Waals surface area contributed by atoms with Gasteiger partial charge in [-0.15, -0.1) is 0 Å². The first-order valence-electron chi connectivity index (χ1n) is 6.32. The van der Waals surface area contributed by atoms with Crippen LogP contribution in [0, 0.1) is 5.92 Å². The van der Waals surface area contributed by atoms with Gasteiger partial charge < -0.3 is 15.8 Å². The summed E-state index contributed by atoms with van der Waals surface area (Å²) in [6, 6.07) is 4.50. The minimum absolute atomic E-state index is 0.0529. The molecule has 0 bridgehead atoms. The third-order valence-corrected chi connectivity index (χ3v) is 2.99. The van der Waals surface area contributed by atoms with Crippen molar-refractivity contribution in [3.05, 3.63) is 24.0 Å². The van der Waals surface area contributed by atoms with Gasteiger partial charge in [0.05, 0.1) is 0 Å². The number of hydrogen-bond acceptors (Lipinski definition) is 4. The fourth-order valence-electron chi connectivity index (χ4n) is 2.03. The first-order chi connectivity index (χ1) is 8.61. The van der Waals surface area contributed by atoms with Gasteiger partial charge in [-0.1, -0.05) is 19.0 Å². The second-order valence-electron chi connectivity index (χ2n) is 5.16. The summed E-state index contributed by atoms with van der Waals surface area (Å²) in [6.07, 6.45) is 4.19. The standard InChI is InChI=1S/C13H20N4O/c1-9(2)8-17(10-3-4-10)11-5-6-15-12(7-11)13(14)16-18/h5-7,9-10,18H,3-4,8H2,1-2H3,(H2,14,16). The van der Waals surface area contributed by atoms with Crippen molar-refractivity contribution in [1.82, 2.24) is 4.98 Å². The predicted molar refractivity (Wildman–Crippen MR) is 72.0 cm³/mol. The summed E-state index contributed by atoms with van der Waals surface area (Å²) in [6.45, 7) is 5.44. The van der Waals surface area contributed by atoms with E-state index in [1.54, 1.807) is 6.20 Å². The van der Waals surface area contributed by atoms with Crippen molar-refractivity contribution in [1.29, 1.82) is 0 Å². The van der Waals surface area contributed by atoms with E-state index in [0.717, 1.165) is 12.2 Å². The first kappa shape index (κ1) is 12.7. The zero-order chi connectivity index (χ0) is 13.1. The summed E-state index contributed by atoms with van der Waals surface area (Å²) >= 11 is 0. The fourth-order valence-corrected chi connectivity index (χ4v) is 2.03. The van der Waals surface area contributed by atoms with E-state index in [0.29, 0.717) is 17.7 Å². The molecule has 1 aliphatic carbocycles. The smallest absolute Gasteiger partial charge is 0.188 e. The molecule has 0 radical (unpaired) electrons. The minimum atomic E-state index is 0.0529. The molecule has 0 atom stereocenters. The lowest BCUT2D eigenvalue weighted by atomic mass is 10.2. The van der Waals surface area contributed by atoms with E-state index in [1.165, 1.54) is 12.8 Å². The van der Waals surface area contributed by atoms with Gasteiger partial charge in [0.15, 0.2) is 5.84 Å². The van der Waals surface area contributed by atoms with Crippen LogP contribution in [0.25, 0.3) is 0 Å². The summed E-state index contributed by atoms with van der Waals surface area (Å²) in [5.74, 6) is 0.656. The van der Waals surface area contributed by atoms with Crippen LogP contribution >= 0.6 is 0 Å². The summed E-state index contributed by atoms with van der Waals surface area (Å²) < 4.78 is 0. The first-order valence-corrected chi connectivity index (χ1v) is 6.32. The van der Waals surface area contributed by atoms with Gasteiger partial charge in [0.25, 0.3) is 0 Å². The molecule has 2 rings (SSSR count). The molecule has 1 aliphatic rings. The van der Waals surface area contributed by atoms with Crippen LogP contribution in [-0.2, 0) is 0 Å². The second-order valence-corrected chi connectivity index (χ2v) is 5.16. The molecule has 5 heteroatoms. The van der Waals surface area contributed by atoms with Crippen LogP contribution in [0.3, 0.4) is 0 Å². The molecule has 1 fully saturated rings. The van der Waals surface area contributed by atoms with Crippen LogP contribution in [-0.4, -0.2) is 28.6 Å². The largest absolute Gasteiger partial charge is 0.409 e. The van der Waals surface area contributed by atoms with E-state index < -0.39 is 0 Å². The van der Waals surface area contributed by atoms with Crippen molar-refractivity contribution in [3.63, 3.8) is 0 Å². The molecule has 0 unspecified atom stereocenters. The van der Waals surface area contributed by atoms with Crippen molar-refractivity contribution in [2.24, 2.45) is 16.8 Å². The number of rotatable bonds is 5. The molecule has 0 amide bonds. The Morgan fingerprint density at radius 1 is 1.61 bits per heavy atom. The van der Waals surface area contributed by atoms with Crippen LogP contribution < -0.4 is 10.6 Å². The number of amidine groups is 1. The number of oxime groups is 1. The van der Waals surface area contributed by atoms with Crippen LogP contribution in [0.5, 0.6) is 0 Å². The lowest BCUT2D eigenvalue weighted by molar-refractivity contribution is 0.318. The number of hydrogen-bond donors (Lipinski definition) is 2. The maximum Gasteiger partial charge on any atom is 0.188 e. The van der Waals surface area contributed by atoms with E-state index in [1.807, 2.05) is 12.1 Å². The number of nitrogens with two attached hydrogens (primary N) is 1. The Morgan fingerprint density at radius 3 is 2.89 bits per heavy atom. The third kappa shape index (κ3) is 2.91. The van der Waals surface area contributed by atoms with Gasteiger partial charge in [0, 0.05) is 24.5 Å². The molecule has 1 heterocycles. The van der Waals surface area contributed by atoms with E-state index in [4.69, 9.17) is 10.9 Å². The van der Waals surface area contributed by atoms with Crippen molar-refractivity contribution in [3.8, 4) is 0 Å². The highest BCUT2D eigenvalue weighted by atomic mass is 16.4. The molecule has 3 N–H and O–H groups in total. The highest BCUT2D eigenvalue weighted by Crippen LogP contribution is 2.32. The Morgan fingerprint density at radius 2 is 2.33 bits per heavy atom. The number of anilines is 1. The van der Waals surface area contributed by atoms with E-state index in [-0.39, 0.29) is 5.84 Å². The second kappa shape index (κ2) is 5.25. The van der Waals surface area contributed by atoms with Crippen LogP contribution in [0.2, 0.25) is 0 Å². The Balaban J connectivity index is 2.24. The molecule has 1 aromatic rings. The summed E-state index contributed by atoms with van der Waals surface area (Å²) in [7, 11) is 0. The molecule has 18 heavy (non-hydrogen) atoms. The monoisotopic (exact) mass is 248 g/mol. The third-order valence-electron chi connectivity index (χ3n) is 2.99. The topological polar surface area (TPSA) is 74.7 Å². The quantitative estimate of drug-likeness (QED) is 0.360. The average molecular weight is 248 g/mol. The maximum atomic E-state index is 8.69. The molecule has 0 aliphatic heterocycles. The van der Waals surface area contributed by atoms with Crippen molar-refractivity contribution in [2.75, 3.05) is 11.4 Å². The van der Waals surface area contributed by atoms with Gasteiger partial charge in [0.1, 0.15) is 5.69 Å². The Bertz CT molecular complexity index is 440. The molecule has 5 nitrogen and oxygen atoms in total. The van der Waals surface area contributed by atoms with Crippen LogP contribution in [0.4, 0.5) is 5.69 Å². The molecular formula is C13H20N4O. The molecule has 98 valence electrons. The summed E-state index contributed by atoms with van der Waals surface area (Å²) in [5, 5.41) is 11.7. The van der Waals surface area contributed by atoms with Gasteiger partial charge >= 0.3 is 0 Å². The number of pyridine rings is 1. The van der Waals surface area contributed by atoms with Crippen LogP contribution in [0.1, 0.15) is 32.4 Å². The summed E-state index contributed by atoms with van der Waals surface area (Å²) in [5.41, 5.74) is 7.19. The zero-order valence-corrected chi connectivity index (χ0v) is 10.9. The van der Waals surface area contributed by atoms with E-state index >= 15 is 0 Å². The minimum Gasteiger partial charge on any atom is -0.409 e. The predicted octanol–water partition coefficient (Wildman–Crippen LogP) is 1.80. The number of nitrogens with zero attached hydrogens (tertiary/aromatic N) is 3. The summed E-state index contributed by atoms with van der Waals surface area (Å²) in [4.78, 5) is 6.50. The zero-order valence-electron chi connectivity index (χ0n) is 10.9. The van der Waals surface area contributed by atoms with E-state index in [2.05, 4.69) is 28.9 Å². The van der Waals surface area contributed by atoms with Gasteiger partial charge in [-0.2, -0.15) is 0 Å². The van der Waals surface area contributed by atoms with Crippen molar-refractivity contribution < 1.29 is 5.21 Å². The maximum absolute atomic E-state index is 8.69. The highest BCUT2D eigenvalue weighted by Gasteiger charge is 2.29. The van der Waals surface area contributed by atoms with Crippen LogP contribution in [0.15, 0.2) is 23.5 Å². The molecular weight excluding hydrogens is 228 g/mol. The van der Waals surface area contributed by atoms with E-state index in [9.17, 15) is 0 Å². The SMILES string of the molecule is CC(C)CN(c1ccnc(C(N)=NO)c1)C1CC1. The van der Waals surface area contributed by atoms with Gasteiger partial charge in [-0.3, -0.25) is 4.98 Å². The molecule has 0 saturated heterocycles. The molecule has 1 saturated carbocycles. The van der Waals surface area contributed by atoms with Gasteiger partial charge in [-0.25, -0.2) is 0 Å². The Kier molecular flexibility index (Phi) is 3.69. The Labute approximate surface area is 107 Å².